The molecular formula is C8H11NO2. The van der Waals surface area contributed by atoms with Crippen LogP contribution in [0.2, 0.25) is 0 Å². The number of carbonyl (C=O) groups is 1. The Bertz CT molecular complexity index is 218. The fourth-order valence-electron chi connectivity index (χ4n) is 0.873. The van der Waals surface area contributed by atoms with Crippen molar-refractivity contribution in [1.82, 2.24) is 0 Å². The van der Waals surface area contributed by atoms with Gasteiger partial charge in [-0.05, 0) is 13.3 Å². The maximum Gasteiger partial charge on any atom is 0.339 e. The van der Waals surface area contributed by atoms with E-state index in [0.717, 1.165) is 6.42 Å². The van der Waals surface area contributed by atoms with E-state index < -0.39 is 0 Å². The van der Waals surface area contributed by atoms with E-state index in [1.807, 2.05) is 13.0 Å². The Kier molecular flexibility index (Phi) is 2.41. The third kappa shape index (κ3) is 1.90. The predicted molar refractivity (Wildman–Crippen MR) is 42.7 cm³/mol. The van der Waals surface area contributed by atoms with Crippen molar-refractivity contribution in [3.63, 3.8) is 0 Å². The van der Waals surface area contributed by atoms with Crippen LogP contribution in [-0.2, 0) is 9.53 Å². The van der Waals surface area contributed by atoms with Crippen molar-refractivity contribution in [3.05, 3.63) is 11.6 Å². The lowest BCUT2D eigenvalue weighted by Crippen LogP contribution is -2.12. The first-order valence-electron chi connectivity index (χ1n) is 3.55. The highest BCUT2D eigenvalue weighted by atomic mass is 16.5. The minimum Gasteiger partial charge on any atom is -0.465 e. The first kappa shape index (κ1) is 7.98. The summed E-state index contributed by atoms with van der Waals surface area (Å²) in [6.07, 6.45) is 4.24. The molecule has 0 saturated carbocycles. The Morgan fingerprint density at radius 2 is 2.55 bits per heavy atom. The molecule has 0 spiro atoms. The SMILES string of the molecule is COC(=O)C1=CCC(C)N=C1. The molecule has 0 saturated heterocycles. The number of aliphatic imine (C=N–C) groups is 1. The molecule has 0 aromatic carbocycles. The molecule has 3 heteroatoms. The zero-order chi connectivity index (χ0) is 8.27. The maximum atomic E-state index is 10.9. The Morgan fingerprint density at radius 1 is 1.82 bits per heavy atom. The van der Waals surface area contributed by atoms with E-state index in [9.17, 15) is 4.79 Å². The highest BCUT2D eigenvalue weighted by Gasteiger charge is 2.11. The Morgan fingerprint density at radius 3 is 3.00 bits per heavy atom. The van der Waals surface area contributed by atoms with Gasteiger partial charge in [-0.3, -0.25) is 4.99 Å². The summed E-state index contributed by atoms with van der Waals surface area (Å²) in [5.41, 5.74) is 0.561. The summed E-state index contributed by atoms with van der Waals surface area (Å²) in [5.74, 6) is -0.305. The Hall–Kier alpha value is -1.12. The number of hydrogen-bond donors (Lipinski definition) is 0. The second-order valence-corrected chi connectivity index (χ2v) is 2.51. The van der Waals surface area contributed by atoms with Crippen LogP contribution in [0, 0.1) is 0 Å². The summed E-state index contributed by atoms with van der Waals surface area (Å²) in [6.45, 7) is 2.00. The number of hydrogen-bond acceptors (Lipinski definition) is 3. The first-order chi connectivity index (χ1) is 5.24. The van der Waals surface area contributed by atoms with Crippen molar-refractivity contribution in [2.75, 3.05) is 7.11 Å². The van der Waals surface area contributed by atoms with E-state index in [1.165, 1.54) is 7.11 Å². The molecular weight excluding hydrogens is 142 g/mol. The third-order valence-electron chi connectivity index (χ3n) is 1.57. The van der Waals surface area contributed by atoms with E-state index in [1.54, 1.807) is 6.21 Å². The second kappa shape index (κ2) is 3.32. The molecule has 1 atom stereocenters. The van der Waals surface area contributed by atoms with Gasteiger partial charge in [0.2, 0.25) is 0 Å². The van der Waals surface area contributed by atoms with E-state index in [2.05, 4.69) is 9.73 Å². The average Bonchev–Trinajstić information content (AvgIpc) is 2.05. The number of esters is 1. The van der Waals surface area contributed by atoms with E-state index in [-0.39, 0.29) is 5.97 Å². The zero-order valence-electron chi connectivity index (χ0n) is 6.70. The van der Waals surface area contributed by atoms with Crippen molar-refractivity contribution in [2.45, 2.75) is 19.4 Å². The van der Waals surface area contributed by atoms with Crippen LogP contribution in [0.25, 0.3) is 0 Å². The third-order valence-corrected chi connectivity index (χ3v) is 1.57. The van der Waals surface area contributed by atoms with Gasteiger partial charge in [0.05, 0.1) is 18.7 Å². The molecule has 0 N–H and O–H groups in total. The predicted octanol–water partition coefficient (Wildman–Crippen LogP) is 0.949. The summed E-state index contributed by atoms with van der Waals surface area (Å²) < 4.78 is 4.53. The average molecular weight is 153 g/mol. The fourth-order valence-corrected chi connectivity index (χ4v) is 0.873. The monoisotopic (exact) mass is 153 g/mol. The number of carbonyl (C=O) groups excluding carboxylic acids is 1. The largest absolute Gasteiger partial charge is 0.465 e. The van der Waals surface area contributed by atoms with Gasteiger partial charge in [-0.25, -0.2) is 4.79 Å². The molecule has 1 aliphatic heterocycles. The maximum absolute atomic E-state index is 10.9. The van der Waals surface area contributed by atoms with Crippen LogP contribution in [0.3, 0.4) is 0 Å². The van der Waals surface area contributed by atoms with Crippen LogP contribution in [0.1, 0.15) is 13.3 Å². The van der Waals surface area contributed by atoms with Crippen molar-refractivity contribution >= 4 is 12.2 Å². The molecule has 0 aromatic rings. The number of methoxy groups -OCH3 is 1. The number of nitrogens with zero attached hydrogens (tertiary/aromatic N) is 1. The van der Waals surface area contributed by atoms with Gasteiger partial charge in [-0.1, -0.05) is 6.08 Å². The van der Waals surface area contributed by atoms with Crippen LogP contribution in [0.5, 0.6) is 0 Å². The lowest BCUT2D eigenvalue weighted by atomic mass is 10.1. The lowest BCUT2D eigenvalue weighted by Gasteiger charge is -2.08. The molecule has 1 rings (SSSR count). The van der Waals surface area contributed by atoms with Crippen LogP contribution in [0.4, 0.5) is 0 Å². The van der Waals surface area contributed by atoms with Crippen molar-refractivity contribution in [2.24, 2.45) is 4.99 Å². The molecule has 1 heterocycles. The smallest absolute Gasteiger partial charge is 0.339 e. The molecule has 0 bridgehead atoms. The van der Waals surface area contributed by atoms with Gasteiger partial charge in [0, 0.05) is 6.21 Å². The van der Waals surface area contributed by atoms with E-state index >= 15 is 0 Å². The Balaban J connectivity index is 2.63. The summed E-state index contributed by atoms with van der Waals surface area (Å²) in [4.78, 5) is 15.0. The molecule has 0 radical (unpaired) electrons. The molecule has 11 heavy (non-hydrogen) atoms. The molecule has 0 amide bonds. The van der Waals surface area contributed by atoms with Gasteiger partial charge in [0.15, 0.2) is 0 Å². The molecule has 1 unspecified atom stereocenters. The van der Waals surface area contributed by atoms with Gasteiger partial charge >= 0.3 is 5.97 Å². The zero-order valence-corrected chi connectivity index (χ0v) is 6.70. The quantitative estimate of drug-likeness (QED) is 0.526. The molecule has 0 fully saturated rings. The van der Waals surface area contributed by atoms with Gasteiger partial charge in [-0.15, -0.1) is 0 Å². The summed E-state index contributed by atoms with van der Waals surface area (Å²) in [6, 6.07) is 0.295. The molecule has 3 nitrogen and oxygen atoms in total. The number of ether oxygens (including phenoxy) is 1. The number of dihydropyridines is 1. The van der Waals surface area contributed by atoms with Crippen molar-refractivity contribution in [3.8, 4) is 0 Å². The highest BCUT2D eigenvalue weighted by Crippen LogP contribution is 2.08. The summed E-state index contributed by atoms with van der Waals surface area (Å²) in [7, 11) is 1.37. The van der Waals surface area contributed by atoms with Crippen molar-refractivity contribution < 1.29 is 9.53 Å². The van der Waals surface area contributed by atoms with Gasteiger partial charge < -0.3 is 4.74 Å². The summed E-state index contributed by atoms with van der Waals surface area (Å²) in [5, 5.41) is 0. The van der Waals surface area contributed by atoms with Gasteiger partial charge in [0.25, 0.3) is 0 Å². The Labute approximate surface area is 65.8 Å². The lowest BCUT2D eigenvalue weighted by molar-refractivity contribution is -0.135. The van der Waals surface area contributed by atoms with Crippen LogP contribution in [-0.4, -0.2) is 25.3 Å². The standard InChI is InChI=1S/C8H11NO2/c1-6-3-4-7(5-9-6)8(10)11-2/h4-6H,3H2,1-2H3. The fraction of sp³-hybridized carbons (Fsp3) is 0.500. The minimum absolute atomic E-state index is 0.295. The molecule has 0 aromatic heterocycles. The highest BCUT2D eigenvalue weighted by molar-refractivity contribution is 6.09. The molecule has 1 aliphatic rings. The normalized spacial score (nSPS) is 22.7. The van der Waals surface area contributed by atoms with Gasteiger partial charge in [-0.2, -0.15) is 0 Å². The van der Waals surface area contributed by atoms with Gasteiger partial charge in [0.1, 0.15) is 0 Å². The second-order valence-electron chi connectivity index (χ2n) is 2.51. The molecule has 60 valence electrons. The minimum atomic E-state index is -0.305. The summed E-state index contributed by atoms with van der Waals surface area (Å²) >= 11 is 0. The topological polar surface area (TPSA) is 38.7 Å². The van der Waals surface area contributed by atoms with Crippen molar-refractivity contribution in [1.29, 1.82) is 0 Å². The van der Waals surface area contributed by atoms with E-state index in [0.29, 0.717) is 11.6 Å². The van der Waals surface area contributed by atoms with Crippen LogP contribution in [0.15, 0.2) is 16.6 Å². The van der Waals surface area contributed by atoms with E-state index in [4.69, 9.17) is 0 Å². The number of rotatable bonds is 1. The van der Waals surface area contributed by atoms with Crippen LogP contribution < -0.4 is 0 Å². The first-order valence-corrected chi connectivity index (χ1v) is 3.55. The molecule has 0 aliphatic carbocycles. The van der Waals surface area contributed by atoms with Crippen LogP contribution >= 0.6 is 0 Å².